The summed E-state index contributed by atoms with van der Waals surface area (Å²) in [6, 6.07) is 1.84. The molecular weight excluding hydrogens is 236 g/mol. The van der Waals surface area contributed by atoms with E-state index >= 15 is 0 Å². The van der Waals surface area contributed by atoms with Crippen LogP contribution in [-0.2, 0) is 4.79 Å². The molecule has 19 heavy (non-hydrogen) atoms. The Morgan fingerprint density at radius 3 is 2.37 bits per heavy atom. The quantitative estimate of drug-likeness (QED) is 0.563. The van der Waals surface area contributed by atoms with Gasteiger partial charge in [0.2, 0.25) is 0 Å². The first-order chi connectivity index (χ1) is 8.90. The predicted octanol–water partition coefficient (Wildman–Crippen LogP) is 3.77. The molecule has 0 N–H and O–H groups in total. The van der Waals surface area contributed by atoms with E-state index in [0.29, 0.717) is 11.3 Å². The molecule has 3 heteroatoms. The fourth-order valence-electron chi connectivity index (χ4n) is 2.32. The van der Waals surface area contributed by atoms with Crippen LogP contribution in [0, 0.1) is 22.7 Å². The molecule has 0 spiro atoms. The van der Waals surface area contributed by atoms with Gasteiger partial charge in [-0.1, -0.05) is 41.2 Å². The van der Waals surface area contributed by atoms with E-state index in [1.807, 2.05) is 19.9 Å². The zero-order valence-electron chi connectivity index (χ0n) is 13.1. The summed E-state index contributed by atoms with van der Waals surface area (Å²) in [5.74, 6) is 0.428. The smallest absolute Gasteiger partial charge is 0.263 e. The summed E-state index contributed by atoms with van der Waals surface area (Å²) >= 11 is 0. The monoisotopic (exact) mass is 264 g/mol. The lowest BCUT2D eigenvalue weighted by Gasteiger charge is -2.32. The molecule has 0 bridgehead atoms. The Bertz CT molecular complexity index is 354. The topological polar surface area (TPSA) is 44.1 Å². The highest BCUT2D eigenvalue weighted by Crippen LogP contribution is 2.38. The third kappa shape index (κ3) is 4.70. The second-order valence-corrected chi connectivity index (χ2v) is 5.54. The summed E-state index contributed by atoms with van der Waals surface area (Å²) in [6.45, 7) is 15.8. The Hall–Kier alpha value is -1.30. The number of hydrogen-bond acceptors (Lipinski definition) is 2. The number of nitriles is 1. The van der Waals surface area contributed by atoms with Crippen molar-refractivity contribution in [1.29, 1.82) is 5.26 Å². The number of carbonyl (C=O) groups excluding carboxylic acids is 1. The molecule has 1 amide bonds. The third-order valence-electron chi connectivity index (χ3n) is 4.20. The molecule has 1 unspecified atom stereocenters. The summed E-state index contributed by atoms with van der Waals surface area (Å²) in [6.07, 6.45) is 3.17. The molecule has 1 fully saturated rings. The molecule has 1 atom stereocenters. The van der Waals surface area contributed by atoms with Crippen LogP contribution in [0.2, 0.25) is 0 Å². The molecule has 0 radical (unpaired) electrons. The highest BCUT2D eigenvalue weighted by molar-refractivity contribution is 5.96. The maximum Gasteiger partial charge on any atom is 0.263 e. The molecule has 0 aromatic carbocycles. The summed E-state index contributed by atoms with van der Waals surface area (Å²) in [7, 11) is 0. The molecule has 3 nitrogen and oxygen atoms in total. The van der Waals surface area contributed by atoms with Crippen LogP contribution < -0.4 is 0 Å². The van der Waals surface area contributed by atoms with Crippen molar-refractivity contribution in [3.8, 4) is 6.07 Å². The van der Waals surface area contributed by atoms with Crippen LogP contribution in [0.25, 0.3) is 0 Å². The Morgan fingerprint density at radius 1 is 1.32 bits per heavy atom. The summed E-state index contributed by atoms with van der Waals surface area (Å²) in [5.41, 5.74) is 0.362. The third-order valence-corrected chi connectivity index (χ3v) is 4.20. The number of carbonyl (C=O) groups is 1. The minimum absolute atomic E-state index is 0.0538. The maximum absolute atomic E-state index is 11.9. The van der Waals surface area contributed by atoms with Crippen molar-refractivity contribution >= 4 is 5.91 Å². The lowest BCUT2D eigenvalue weighted by molar-refractivity contribution is -0.126. The highest BCUT2D eigenvalue weighted by Gasteiger charge is 2.32. The molecule has 108 valence electrons. The predicted molar refractivity (Wildman–Crippen MR) is 79.5 cm³/mol. The van der Waals surface area contributed by atoms with Crippen molar-refractivity contribution in [2.45, 2.75) is 53.9 Å². The van der Waals surface area contributed by atoms with Gasteiger partial charge in [0.25, 0.3) is 5.91 Å². The maximum atomic E-state index is 11.9. The van der Waals surface area contributed by atoms with Crippen LogP contribution in [0.15, 0.2) is 12.2 Å². The van der Waals surface area contributed by atoms with Gasteiger partial charge < -0.3 is 4.90 Å². The molecule has 0 saturated carbocycles. The number of likely N-dealkylation sites (tertiary alicyclic amines) is 1. The van der Waals surface area contributed by atoms with E-state index in [1.165, 1.54) is 0 Å². The molecule has 0 aromatic heterocycles. The van der Waals surface area contributed by atoms with E-state index in [2.05, 4.69) is 27.4 Å². The molecule has 0 aliphatic carbocycles. The zero-order chi connectivity index (χ0) is 15.1. The number of nitrogens with zero attached hydrogens (tertiary/aromatic N) is 2. The summed E-state index contributed by atoms with van der Waals surface area (Å²) < 4.78 is 0. The van der Waals surface area contributed by atoms with Crippen molar-refractivity contribution < 1.29 is 4.79 Å². The SMILES string of the molecule is C=C(C#N)C(=O)N1CCCC(C)(C(C)C)CC1.CC. The first-order valence-electron chi connectivity index (χ1n) is 7.29. The largest absolute Gasteiger partial charge is 0.338 e. The van der Waals surface area contributed by atoms with Crippen LogP contribution in [-0.4, -0.2) is 23.9 Å². The van der Waals surface area contributed by atoms with Gasteiger partial charge in [-0.25, -0.2) is 0 Å². The first kappa shape index (κ1) is 17.7. The average Bonchev–Trinajstić information content (AvgIpc) is 2.62. The molecule has 1 aliphatic heterocycles. The van der Waals surface area contributed by atoms with E-state index in [1.54, 1.807) is 4.90 Å². The Morgan fingerprint density at radius 2 is 1.89 bits per heavy atom. The van der Waals surface area contributed by atoms with Gasteiger partial charge in [-0.05, 0) is 30.6 Å². The summed E-state index contributed by atoms with van der Waals surface area (Å²) in [4.78, 5) is 13.6. The Labute approximate surface area is 118 Å². The highest BCUT2D eigenvalue weighted by atomic mass is 16.2. The van der Waals surface area contributed by atoms with Crippen molar-refractivity contribution in [3.63, 3.8) is 0 Å². The average molecular weight is 264 g/mol. The molecular formula is C16H28N2O. The van der Waals surface area contributed by atoms with Crippen molar-refractivity contribution in [2.24, 2.45) is 11.3 Å². The molecule has 1 heterocycles. The summed E-state index contributed by atoms with van der Waals surface area (Å²) in [5, 5.41) is 8.70. The second kappa shape index (κ2) is 7.99. The minimum atomic E-state index is -0.194. The fourth-order valence-corrected chi connectivity index (χ4v) is 2.32. The van der Waals surface area contributed by atoms with Gasteiger partial charge in [0.1, 0.15) is 11.6 Å². The van der Waals surface area contributed by atoms with E-state index in [0.717, 1.165) is 32.4 Å². The van der Waals surface area contributed by atoms with Gasteiger partial charge in [-0.15, -0.1) is 0 Å². The molecule has 0 aromatic rings. The van der Waals surface area contributed by atoms with Gasteiger partial charge in [0.15, 0.2) is 0 Å². The second-order valence-electron chi connectivity index (χ2n) is 5.54. The van der Waals surface area contributed by atoms with E-state index in [9.17, 15) is 4.79 Å². The Kier molecular flexibility index (Phi) is 7.44. The van der Waals surface area contributed by atoms with Crippen LogP contribution in [0.5, 0.6) is 0 Å². The number of amides is 1. The van der Waals surface area contributed by atoms with Crippen LogP contribution in [0.1, 0.15) is 53.9 Å². The van der Waals surface area contributed by atoms with Gasteiger partial charge in [0, 0.05) is 13.1 Å². The van der Waals surface area contributed by atoms with E-state index in [-0.39, 0.29) is 11.5 Å². The van der Waals surface area contributed by atoms with Crippen molar-refractivity contribution in [2.75, 3.05) is 13.1 Å². The Balaban J connectivity index is 0.00000154. The van der Waals surface area contributed by atoms with Gasteiger partial charge >= 0.3 is 0 Å². The van der Waals surface area contributed by atoms with Gasteiger partial charge in [-0.2, -0.15) is 5.26 Å². The molecule has 1 rings (SSSR count). The van der Waals surface area contributed by atoms with Gasteiger partial charge in [-0.3, -0.25) is 4.79 Å². The van der Waals surface area contributed by atoms with Gasteiger partial charge in [0.05, 0.1) is 0 Å². The first-order valence-corrected chi connectivity index (χ1v) is 7.29. The minimum Gasteiger partial charge on any atom is -0.338 e. The lowest BCUT2D eigenvalue weighted by atomic mass is 9.73. The van der Waals surface area contributed by atoms with Crippen LogP contribution in [0.3, 0.4) is 0 Å². The van der Waals surface area contributed by atoms with Crippen molar-refractivity contribution in [3.05, 3.63) is 12.2 Å². The lowest BCUT2D eigenvalue weighted by Crippen LogP contribution is -2.33. The molecule has 1 aliphatic rings. The zero-order valence-corrected chi connectivity index (χ0v) is 13.1. The van der Waals surface area contributed by atoms with Crippen LogP contribution in [0.4, 0.5) is 0 Å². The fraction of sp³-hybridized carbons (Fsp3) is 0.750. The van der Waals surface area contributed by atoms with E-state index in [4.69, 9.17) is 5.26 Å². The number of rotatable bonds is 2. The molecule has 1 saturated heterocycles. The van der Waals surface area contributed by atoms with Crippen LogP contribution >= 0.6 is 0 Å². The van der Waals surface area contributed by atoms with Crippen molar-refractivity contribution in [1.82, 2.24) is 4.90 Å². The normalized spacial score (nSPS) is 22.9. The standard InChI is InChI=1S/C14H22N2O.C2H6/c1-11(2)14(4)6-5-8-16(9-7-14)13(17)12(3)10-15;1-2/h11H,3,5-9H2,1-2,4H3;1-2H3. The number of hydrogen-bond donors (Lipinski definition) is 0. The van der Waals surface area contributed by atoms with E-state index < -0.39 is 0 Å².